The monoisotopic (exact) mass is 321 g/mol. The van der Waals surface area contributed by atoms with Gasteiger partial charge in [0.15, 0.2) is 0 Å². The Morgan fingerprint density at radius 2 is 1.86 bits per heavy atom. The number of ether oxygens (including phenoxy) is 1. The molecule has 0 aromatic heterocycles. The van der Waals surface area contributed by atoms with Gasteiger partial charge in [-0.05, 0) is 55.7 Å². The van der Waals surface area contributed by atoms with Crippen LogP contribution in [0.4, 0.5) is 5.69 Å². The van der Waals surface area contributed by atoms with Crippen molar-refractivity contribution in [1.29, 1.82) is 0 Å². The summed E-state index contributed by atoms with van der Waals surface area (Å²) in [6.07, 6.45) is 11.8. The Labute approximate surface area is 140 Å². The fraction of sp³-hybridized carbons (Fsp3) is 0.684. The molecule has 0 heterocycles. The highest BCUT2D eigenvalue weighted by molar-refractivity contribution is 7.99. The Bertz CT molecular complexity index is 409. The molecule has 1 fully saturated rings. The van der Waals surface area contributed by atoms with Gasteiger partial charge in [-0.1, -0.05) is 32.6 Å². The predicted octanol–water partition coefficient (Wildman–Crippen LogP) is 5.59. The lowest BCUT2D eigenvalue weighted by Gasteiger charge is -2.36. The number of hydrogen-bond acceptors (Lipinski definition) is 3. The molecule has 0 radical (unpaired) electrons. The molecule has 2 rings (SSSR count). The molecule has 2 unspecified atom stereocenters. The number of rotatable bonds is 8. The minimum atomic E-state index is 0.587. The van der Waals surface area contributed by atoms with E-state index in [1.54, 1.807) is 7.11 Å². The highest BCUT2D eigenvalue weighted by atomic mass is 32.2. The van der Waals surface area contributed by atoms with Crippen molar-refractivity contribution in [3.8, 4) is 5.75 Å². The van der Waals surface area contributed by atoms with Crippen molar-refractivity contribution in [3.63, 3.8) is 0 Å². The van der Waals surface area contributed by atoms with Gasteiger partial charge < -0.3 is 10.1 Å². The van der Waals surface area contributed by atoms with Gasteiger partial charge in [-0.3, -0.25) is 0 Å². The largest absolute Gasteiger partial charge is 0.497 e. The van der Waals surface area contributed by atoms with Crippen LogP contribution >= 0.6 is 11.8 Å². The highest BCUT2D eigenvalue weighted by Gasteiger charge is 2.29. The van der Waals surface area contributed by atoms with E-state index in [-0.39, 0.29) is 0 Å². The molecule has 0 amide bonds. The van der Waals surface area contributed by atoms with Crippen LogP contribution in [0.1, 0.15) is 51.9 Å². The molecule has 1 aromatic rings. The van der Waals surface area contributed by atoms with E-state index in [1.165, 1.54) is 50.6 Å². The van der Waals surface area contributed by atoms with Crippen molar-refractivity contribution in [1.82, 2.24) is 0 Å². The van der Waals surface area contributed by atoms with Crippen LogP contribution in [-0.4, -0.2) is 24.7 Å². The van der Waals surface area contributed by atoms with Crippen molar-refractivity contribution in [2.24, 2.45) is 5.92 Å². The average Bonchev–Trinajstić information content (AvgIpc) is 2.59. The quantitative estimate of drug-likeness (QED) is 0.674. The molecule has 1 aromatic carbocycles. The molecular formula is C19H31NOS. The summed E-state index contributed by atoms with van der Waals surface area (Å²) in [6, 6.07) is 8.99. The van der Waals surface area contributed by atoms with E-state index in [1.807, 2.05) is 23.9 Å². The van der Waals surface area contributed by atoms with Crippen molar-refractivity contribution in [2.75, 3.05) is 18.7 Å². The number of nitrogens with one attached hydrogen (secondary N) is 1. The zero-order valence-corrected chi connectivity index (χ0v) is 15.1. The molecule has 1 N–H and O–H groups in total. The first-order chi connectivity index (χ1) is 10.8. The fourth-order valence-corrected chi connectivity index (χ4v) is 4.67. The second-order valence-electron chi connectivity index (χ2n) is 6.36. The van der Waals surface area contributed by atoms with Crippen LogP contribution in [0.5, 0.6) is 5.75 Å². The SMILES string of the molecule is CCCC(SC)C(Nc1ccc(OC)cc1)C1CCCCC1. The third-order valence-electron chi connectivity index (χ3n) is 4.86. The Morgan fingerprint density at radius 3 is 2.41 bits per heavy atom. The lowest BCUT2D eigenvalue weighted by atomic mass is 9.81. The van der Waals surface area contributed by atoms with Gasteiger partial charge in [-0.15, -0.1) is 0 Å². The van der Waals surface area contributed by atoms with Gasteiger partial charge >= 0.3 is 0 Å². The molecule has 0 spiro atoms. The molecule has 3 heteroatoms. The molecule has 2 nitrogen and oxygen atoms in total. The summed E-state index contributed by atoms with van der Waals surface area (Å²) in [6.45, 7) is 2.30. The second-order valence-corrected chi connectivity index (χ2v) is 7.44. The van der Waals surface area contributed by atoms with Gasteiger partial charge in [0.1, 0.15) is 5.75 Å². The number of benzene rings is 1. The Morgan fingerprint density at radius 1 is 1.18 bits per heavy atom. The van der Waals surface area contributed by atoms with E-state index >= 15 is 0 Å². The van der Waals surface area contributed by atoms with E-state index in [4.69, 9.17) is 4.74 Å². The maximum absolute atomic E-state index is 5.27. The Hall–Kier alpha value is -0.830. The summed E-state index contributed by atoms with van der Waals surface area (Å²) in [4.78, 5) is 0. The maximum atomic E-state index is 5.27. The van der Waals surface area contributed by atoms with E-state index in [0.29, 0.717) is 11.3 Å². The van der Waals surface area contributed by atoms with E-state index < -0.39 is 0 Å². The van der Waals surface area contributed by atoms with Gasteiger partial charge in [0, 0.05) is 17.0 Å². The number of thioether (sulfide) groups is 1. The molecule has 1 saturated carbocycles. The van der Waals surface area contributed by atoms with Gasteiger partial charge in [-0.2, -0.15) is 11.8 Å². The molecular weight excluding hydrogens is 290 g/mol. The van der Waals surface area contributed by atoms with Crippen LogP contribution in [0, 0.1) is 5.92 Å². The average molecular weight is 322 g/mol. The second kappa shape index (κ2) is 9.34. The van der Waals surface area contributed by atoms with Crippen LogP contribution in [-0.2, 0) is 0 Å². The summed E-state index contributed by atoms with van der Waals surface area (Å²) in [5.74, 6) is 1.74. The minimum absolute atomic E-state index is 0.587. The normalized spacial score (nSPS) is 18.7. The first-order valence-corrected chi connectivity index (χ1v) is 10.0. The summed E-state index contributed by atoms with van der Waals surface area (Å²) >= 11 is 2.04. The molecule has 124 valence electrons. The zero-order chi connectivity index (χ0) is 15.8. The lowest BCUT2D eigenvalue weighted by molar-refractivity contribution is 0.309. The molecule has 1 aliphatic carbocycles. The van der Waals surface area contributed by atoms with Crippen LogP contribution in [0.3, 0.4) is 0 Å². The van der Waals surface area contributed by atoms with Gasteiger partial charge in [-0.25, -0.2) is 0 Å². The highest BCUT2D eigenvalue weighted by Crippen LogP contribution is 2.34. The van der Waals surface area contributed by atoms with Gasteiger partial charge in [0.05, 0.1) is 7.11 Å². The standard InChI is InChI=1S/C19H31NOS/c1-4-8-18(22-3)19(15-9-6-5-7-10-15)20-16-11-13-17(21-2)14-12-16/h11-15,18-20H,4-10H2,1-3H3. The van der Waals surface area contributed by atoms with Crippen LogP contribution in [0.2, 0.25) is 0 Å². The van der Waals surface area contributed by atoms with Crippen LogP contribution in [0.25, 0.3) is 0 Å². The Kier molecular flexibility index (Phi) is 7.44. The molecule has 22 heavy (non-hydrogen) atoms. The number of methoxy groups -OCH3 is 1. The zero-order valence-electron chi connectivity index (χ0n) is 14.3. The molecule has 0 bridgehead atoms. The molecule has 2 atom stereocenters. The fourth-order valence-electron chi connectivity index (χ4n) is 3.62. The van der Waals surface area contributed by atoms with E-state index in [0.717, 1.165) is 11.7 Å². The van der Waals surface area contributed by atoms with Crippen molar-refractivity contribution >= 4 is 17.4 Å². The number of anilines is 1. The first kappa shape index (κ1) is 17.5. The molecule has 1 aliphatic rings. The van der Waals surface area contributed by atoms with E-state index in [9.17, 15) is 0 Å². The van der Waals surface area contributed by atoms with Crippen molar-refractivity contribution in [2.45, 2.75) is 63.2 Å². The summed E-state index contributed by atoms with van der Waals surface area (Å²) in [5.41, 5.74) is 1.23. The summed E-state index contributed by atoms with van der Waals surface area (Å²) in [7, 11) is 1.72. The summed E-state index contributed by atoms with van der Waals surface area (Å²) < 4.78 is 5.27. The topological polar surface area (TPSA) is 21.3 Å². The molecule has 0 aliphatic heterocycles. The van der Waals surface area contributed by atoms with Gasteiger partial charge in [0.25, 0.3) is 0 Å². The number of hydrogen-bond donors (Lipinski definition) is 1. The lowest BCUT2D eigenvalue weighted by Crippen LogP contribution is -2.39. The van der Waals surface area contributed by atoms with E-state index in [2.05, 4.69) is 30.6 Å². The molecule has 0 saturated heterocycles. The third kappa shape index (κ3) is 4.84. The smallest absolute Gasteiger partial charge is 0.119 e. The van der Waals surface area contributed by atoms with Gasteiger partial charge in [0.2, 0.25) is 0 Å². The van der Waals surface area contributed by atoms with Crippen LogP contribution < -0.4 is 10.1 Å². The van der Waals surface area contributed by atoms with Crippen molar-refractivity contribution < 1.29 is 4.74 Å². The maximum Gasteiger partial charge on any atom is 0.119 e. The third-order valence-corrected chi connectivity index (χ3v) is 5.99. The van der Waals surface area contributed by atoms with Crippen LogP contribution in [0.15, 0.2) is 24.3 Å². The minimum Gasteiger partial charge on any atom is -0.497 e. The predicted molar refractivity (Wildman–Crippen MR) is 99.2 cm³/mol. The summed E-state index contributed by atoms with van der Waals surface area (Å²) in [5, 5.41) is 4.56. The first-order valence-electron chi connectivity index (χ1n) is 8.71. The van der Waals surface area contributed by atoms with Crippen molar-refractivity contribution in [3.05, 3.63) is 24.3 Å². The Balaban J connectivity index is 2.10.